The van der Waals surface area contributed by atoms with Crippen molar-refractivity contribution in [2.45, 2.75) is 46.2 Å². The van der Waals surface area contributed by atoms with Gasteiger partial charge in [-0.1, -0.05) is 36.4 Å². The molecule has 1 atom stereocenters. The average molecular weight is 324 g/mol. The van der Waals surface area contributed by atoms with E-state index in [2.05, 4.69) is 77.8 Å². The van der Waals surface area contributed by atoms with E-state index in [-0.39, 0.29) is 0 Å². The maximum Gasteiger partial charge on any atom is 0.191 e. The molecule has 0 aliphatic rings. The second-order valence-corrected chi connectivity index (χ2v) is 6.03. The van der Waals surface area contributed by atoms with Crippen LogP contribution in [0, 0.1) is 6.92 Å². The van der Waals surface area contributed by atoms with Crippen LogP contribution in [0.3, 0.4) is 0 Å². The smallest absolute Gasteiger partial charge is 0.191 e. The predicted octanol–water partition coefficient (Wildman–Crippen LogP) is 3.47. The van der Waals surface area contributed by atoms with Gasteiger partial charge in [0.2, 0.25) is 0 Å². The Morgan fingerprint density at radius 2 is 1.96 bits per heavy atom. The van der Waals surface area contributed by atoms with E-state index in [1.54, 1.807) is 0 Å². The van der Waals surface area contributed by atoms with Gasteiger partial charge in [-0.25, -0.2) is 4.99 Å². The minimum Gasteiger partial charge on any atom is -0.357 e. The fourth-order valence-electron chi connectivity index (χ4n) is 2.49. The van der Waals surface area contributed by atoms with E-state index < -0.39 is 0 Å². The number of guanidine groups is 1. The van der Waals surface area contributed by atoms with E-state index in [0.29, 0.717) is 12.6 Å². The Kier molecular flexibility index (Phi) is 7.27. The molecule has 4 heteroatoms. The Morgan fingerprint density at radius 1 is 1.17 bits per heavy atom. The largest absolute Gasteiger partial charge is 0.357 e. The van der Waals surface area contributed by atoms with Gasteiger partial charge in [-0.2, -0.15) is 0 Å². The van der Waals surface area contributed by atoms with Gasteiger partial charge in [0.1, 0.15) is 0 Å². The summed E-state index contributed by atoms with van der Waals surface area (Å²) in [6, 6.07) is 15.0. The first-order chi connectivity index (χ1) is 11.7. The molecule has 1 aromatic heterocycles. The van der Waals surface area contributed by atoms with Crippen LogP contribution in [0.15, 0.2) is 53.7 Å². The van der Waals surface area contributed by atoms with Crippen molar-refractivity contribution in [2.24, 2.45) is 4.99 Å². The molecule has 2 aromatic rings. The number of hydrogen-bond donors (Lipinski definition) is 2. The Bertz CT molecular complexity index is 637. The number of pyridine rings is 1. The molecule has 0 amide bonds. The van der Waals surface area contributed by atoms with Crippen molar-refractivity contribution in [3.05, 3.63) is 65.5 Å². The Balaban J connectivity index is 1.89. The topological polar surface area (TPSA) is 49.3 Å². The predicted molar refractivity (Wildman–Crippen MR) is 101 cm³/mol. The van der Waals surface area contributed by atoms with Crippen molar-refractivity contribution < 1.29 is 0 Å². The van der Waals surface area contributed by atoms with E-state index >= 15 is 0 Å². The third-order valence-electron chi connectivity index (χ3n) is 3.94. The molecule has 0 aliphatic carbocycles. The van der Waals surface area contributed by atoms with Crippen LogP contribution < -0.4 is 10.6 Å². The van der Waals surface area contributed by atoms with Gasteiger partial charge < -0.3 is 10.6 Å². The monoisotopic (exact) mass is 324 g/mol. The lowest BCUT2D eigenvalue weighted by Gasteiger charge is -2.18. The molecule has 2 rings (SSSR count). The molecule has 4 nitrogen and oxygen atoms in total. The van der Waals surface area contributed by atoms with Crippen LogP contribution in [0.25, 0.3) is 0 Å². The van der Waals surface area contributed by atoms with E-state index in [0.717, 1.165) is 31.0 Å². The first-order valence-electron chi connectivity index (χ1n) is 8.68. The summed E-state index contributed by atoms with van der Waals surface area (Å²) in [6.07, 6.45) is 3.95. The number of rotatable bonds is 7. The van der Waals surface area contributed by atoms with E-state index in [9.17, 15) is 0 Å². The van der Waals surface area contributed by atoms with Crippen molar-refractivity contribution >= 4 is 5.96 Å². The maximum atomic E-state index is 4.67. The van der Waals surface area contributed by atoms with Crippen LogP contribution in [0.1, 0.15) is 37.1 Å². The van der Waals surface area contributed by atoms with Gasteiger partial charge in [0.05, 0.1) is 12.2 Å². The number of hydrogen-bond acceptors (Lipinski definition) is 2. The molecule has 128 valence electrons. The minimum absolute atomic E-state index is 0.354. The van der Waals surface area contributed by atoms with Crippen molar-refractivity contribution in [2.75, 3.05) is 6.54 Å². The summed E-state index contributed by atoms with van der Waals surface area (Å²) >= 11 is 0. The van der Waals surface area contributed by atoms with Gasteiger partial charge in [-0.3, -0.25) is 4.98 Å². The number of benzene rings is 1. The number of aromatic nitrogens is 1. The van der Waals surface area contributed by atoms with Gasteiger partial charge in [0, 0.05) is 18.8 Å². The lowest BCUT2D eigenvalue weighted by molar-refractivity contribution is 0.593. The SMILES string of the molecule is CCNC(=NCc1ncccc1C)NC(C)CCc1ccccc1. The summed E-state index contributed by atoms with van der Waals surface area (Å²) < 4.78 is 0. The molecule has 0 fully saturated rings. The highest BCUT2D eigenvalue weighted by Crippen LogP contribution is 2.06. The lowest BCUT2D eigenvalue weighted by Crippen LogP contribution is -2.42. The van der Waals surface area contributed by atoms with Crippen LogP contribution >= 0.6 is 0 Å². The Hall–Kier alpha value is -2.36. The van der Waals surface area contributed by atoms with Crippen molar-refractivity contribution in [1.82, 2.24) is 15.6 Å². The molecule has 1 heterocycles. The van der Waals surface area contributed by atoms with Gasteiger partial charge in [0.25, 0.3) is 0 Å². The van der Waals surface area contributed by atoms with Crippen LogP contribution in [-0.4, -0.2) is 23.5 Å². The molecule has 0 saturated heterocycles. The van der Waals surface area contributed by atoms with E-state index in [4.69, 9.17) is 0 Å². The summed E-state index contributed by atoms with van der Waals surface area (Å²) in [7, 11) is 0. The fourth-order valence-corrected chi connectivity index (χ4v) is 2.49. The molecule has 0 aliphatic heterocycles. The standard InChI is InChI=1S/C20H28N4/c1-4-21-20(23-15-19-16(2)9-8-14-22-19)24-17(3)12-13-18-10-6-5-7-11-18/h5-11,14,17H,4,12-13,15H2,1-3H3,(H2,21,23,24). The normalized spacial score (nSPS) is 12.7. The molecule has 0 saturated carbocycles. The molecule has 0 bridgehead atoms. The number of aryl methyl sites for hydroxylation is 2. The number of aliphatic imine (C=N–C) groups is 1. The van der Waals surface area contributed by atoms with Crippen LogP contribution in [0.2, 0.25) is 0 Å². The van der Waals surface area contributed by atoms with Crippen molar-refractivity contribution in [3.8, 4) is 0 Å². The molecular weight excluding hydrogens is 296 g/mol. The minimum atomic E-state index is 0.354. The van der Waals surface area contributed by atoms with Gasteiger partial charge >= 0.3 is 0 Å². The number of nitrogens with zero attached hydrogens (tertiary/aromatic N) is 2. The zero-order chi connectivity index (χ0) is 17.2. The molecule has 2 N–H and O–H groups in total. The highest BCUT2D eigenvalue weighted by Gasteiger charge is 2.06. The fraction of sp³-hybridized carbons (Fsp3) is 0.400. The first kappa shape index (κ1) is 18.0. The zero-order valence-corrected chi connectivity index (χ0v) is 14.9. The lowest BCUT2D eigenvalue weighted by atomic mass is 10.1. The molecule has 1 aromatic carbocycles. The summed E-state index contributed by atoms with van der Waals surface area (Å²) in [4.78, 5) is 9.07. The van der Waals surface area contributed by atoms with Crippen LogP contribution in [0.5, 0.6) is 0 Å². The van der Waals surface area contributed by atoms with Crippen molar-refractivity contribution in [3.63, 3.8) is 0 Å². The van der Waals surface area contributed by atoms with Gasteiger partial charge in [-0.05, 0) is 50.8 Å². The average Bonchev–Trinajstić information content (AvgIpc) is 2.60. The summed E-state index contributed by atoms with van der Waals surface area (Å²) in [5.74, 6) is 0.850. The summed E-state index contributed by atoms with van der Waals surface area (Å²) in [6.45, 7) is 7.78. The van der Waals surface area contributed by atoms with E-state index in [1.807, 2.05) is 12.3 Å². The quantitative estimate of drug-likeness (QED) is 0.606. The molecule has 0 radical (unpaired) electrons. The molecule has 0 spiro atoms. The highest BCUT2D eigenvalue weighted by molar-refractivity contribution is 5.80. The van der Waals surface area contributed by atoms with Gasteiger partial charge in [-0.15, -0.1) is 0 Å². The second kappa shape index (κ2) is 9.71. The first-order valence-corrected chi connectivity index (χ1v) is 8.68. The summed E-state index contributed by atoms with van der Waals surface area (Å²) in [5.41, 5.74) is 3.57. The zero-order valence-electron chi connectivity index (χ0n) is 14.9. The maximum absolute atomic E-state index is 4.67. The number of nitrogens with one attached hydrogen (secondary N) is 2. The van der Waals surface area contributed by atoms with E-state index in [1.165, 1.54) is 11.1 Å². The molecule has 24 heavy (non-hydrogen) atoms. The van der Waals surface area contributed by atoms with Crippen molar-refractivity contribution in [1.29, 1.82) is 0 Å². The summed E-state index contributed by atoms with van der Waals surface area (Å²) in [5, 5.41) is 6.80. The highest BCUT2D eigenvalue weighted by atomic mass is 15.2. The second-order valence-electron chi connectivity index (χ2n) is 6.03. The van der Waals surface area contributed by atoms with Gasteiger partial charge in [0.15, 0.2) is 5.96 Å². The third-order valence-corrected chi connectivity index (χ3v) is 3.94. The molecular formula is C20H28N4. The molecule has 1 unspecified atom stereocenters. The Morgan fingerprint density at radius 3 is 2.67 bits per heavy atom. The van der Waals surface area contributed by atoms with Crippen LogP contribution in [0.4, 0.5) is 0 Å². The Labute approximate surface area is 145 Å². The van der Waals surface area contributed by atoms with Crippen LogP contribution in [-0.2, 0) is 13.0 Å². The third kappa shape index (κ3) is 6.03.